The molecule has 0 amide bonds. The molecule has 18 heavy (non-hydrogen) atoms. The van der Waals surface area contributed by atoms with Crippen molar-refractivity contribution in [2.45, 2.75) is 6.92 Å². The number of aryl methyl sites for hydroxylation is 1. The minimum atomic E-state index is -0.460. The SMILES string of the molecule is COc1ccc(-c2c(C#N)nc(C)n2C)cc1F. The maximum atomic E-state index is 13.7. The molecule has 0 saturated heterocycles. The highest BCUT2D eigenvalue weighted by Gasteiger charge is 2.15. The van der Waals surface area contributed by atoms with Gasteiger partial charge in [0.15, 0.2) is 17.3 Å². The largest absolute Gasteiger partial charge is 0.494 e. The Kier molecular flexibility index (Phi) is 3.02. The molecule has 1 heterocycles. The summed E-state index contributed by atoms with van der Waals surface area (Å²) < 4.78 is 20.3. The van der Waals surface area contributed by atoms with Crippen LogP contribution in [0, 0.1) is 24.1 Å². The average Bonchev–Trinajstić information content (AvgIpc) is 2.65. The lowest BCUT2D eigenvalue weighted by atomic mass is 10.1. The van der Waals surface area contributed by atoms with Crippen molar-refractivity contribution in [3.05, 3.63) is 35.5 Å². The van der Waals surface area contributed by atoms with Gasteiger partial charge in [0.25, 0.3) is 0 Å². The Morgan fingerprint density at radius 2 is 2.17 bits per heavy atom. The molecule has 2 aromatic rings. The number of hydrogen-bond donors (Lipinski definition) is 0. The molecule has 0 N–H and O–H groups in total. The Bertz CT molecular complexity index is 640. The van der Waals surface area contributed by atoms with Crippen molar-refractivity contribution < 1.29 is 9.13 Å². The Balaban J connectivity index is 2.63. The van der Waals surface area contributed by atoms with E-state index in [2.05, 4.69) is 4.98 Å². The molecule has 0 saturated carbocycles. The van der Waals surface area contributed by atoms with Gasteiger partial charge in [0.1, 0.15) is 11.9 Å². The van der Waals surface area contributed by atoms with Crippen LogP contribution in [0.2, 0.25) is 0 Å². The zero-order valence-corrected chi connectivity index (χ0v) is 10.4. The summed E-state index contributed by atoms with van der Waals surface area (Å²) >= 11 is 0. The molecule has 0 unspecified atom stereocenters. The molecule has 0 spiro atoms. The molecule has 0 aliphatic carbocycles. The third-order valence-electron chi connectivity index (χ3n) is 2.85. The second kappa shape index (κ2) is 4.49. The number of nitriles is 1. The topological polar surface area (TPSA) is 50.8 Å². The van der Waals surface area contributed by atoms with Crippen molar-refractivity contribution in [1.82, 2.24) is 9.55 Å². The van der Waals surface area contributed by atoms with Crippen LogP contribution in [-0.4, -0.2) is 16.7 Å². The lowest BCUT2D eigenvalue weighted by Gasteiger charge is -2.07. The van der Waals surface area contributed by atoms with Crippen molar-refractivity contribution >= 4 is 0 Å². The lowest BCUT2D eigenvalue weighted by Crippen LogP contribution is -1.96. The molecule has 0 radical (unpaired) electrons. The van der Waals surface area contributed by atoms with E-state index in [1.54, 1.807) is 24.6 Å². The smallest absolute Gasteiger partial charge is 0.166 e. The summed E-state index contributed by atoms with van der Waals surface area (Å²) in [5.41, 5.74) is 1.50. The minimum absolute atomic E-state index is 0.177. The number of hydrogen-bond acceptors (Lipinski definition) is 3. The predicted octanol–water partition coefficient (Wildman–Crippen LogP) is 2.41. The van der Waals surface area contributed by atoms with Crippen LogP contribution >= 0.6 is 0 Å². The maximum absolute atomic E-state index is 13.7. The van der Waals surface area contributed by atoms with Gasteiger partial charge in [0.2, 0.25) is 0 Å². The Morgan fingerprint density at radius 3 is 2.72 bits per heavy atom. The van der Waals surface area contributed by atoms with E-state index in [-0.39, 0.29) is 5.75 Å². The molecule has 0 fully saturated rings. The first-order valence-corrected chi connectivity index (χ1v) is 5.35. The Hall–Kier alpha value is -2.35. The molecular weight excluding hydrogens is 233 g/mol. The molecule has 2 rings (SSSR count). The van der Waals surface area contributed by atoms with Crippen LogP contribution in [0.3, 0.4) is 0 Å². The van der Waals surface area contributed by atoms with Crippen molar-refractivity contribution in [3.8, 4) is 23.1 Å². The van der Waals surface area contributed by atoms with Gasteiger partial charge in [-0.25, -0.2) is 9.37 Å². The Morgan fingerprint density at radius 1 is 1.44 bits per heavy atom. The molecule has 5 heteroatoms. The van der Waals surface area contributed by atoms with E-state index in [1.807, 2.05) is 6.07 Å². The highest BCUT2D eigenvalue weighted by molar-refractivity contribution is 5.66. The maximum Gasteiger partial charge on any atom is 0.166 e. The molecule has 0 aliphatic rings. The number of imidazole rings is 1. The second-order valence-corrected chi connectivity index (χ2v) is 3.88. The van der Waals surface area contributed by atoms with Crippen LogP contribution in [0.1, 0.15) is 11.5 Å². The number of methoxy groups -OCH3 is 1. The summed E-state index contributed by atoms with van der Waals surface area (Å²) in [7, 11) is 3.20. The van der Waals surface area contributed by atoms with E-state index < -0.39 is 5.82 Å². The molecule has 4 nitrogen and oxygen atoms in total. The van der Waals surface area contributed by atoms with E-state index in [1.165, 1.54) is 19.2 Å². The number of halogens is 1. The van der Waals surface area contributed by atoms with Crippen molar-refractivity contribution in [2.24, 2.45) is 7.05 Å². The molecule has 1 aromatic heterocycles. The predicted molar refractivity (Wildman–Crippen MR) is 64.6 cm³/mol. The van der Waals surface area contributed by atoms with Gasteiger partial charge < -0.3 is 9.30 Å². The summed E-state index contributed by atoms with van der Waals surface area (Å²) in [5.74, 6) is 0.423. The molecule has 0 atom stereocenters. The average molecular weight is 245 g/mol. The molecule has 0 bridgehead atoms. The fourth-order valence-electron chi connectivity index (χ4n) is 1.83. The third-order valence-corrected chi connectivity index (χ3v) is 2.85. The van der Waals surface area contributed by atoms with Gasteiger partial charge in [-0.3, -0.25) is 0 Å². The number of ether oxygens (including phenoxy) is 1. The zero-order valence-electron chi connectivity index (χ0n) is 10.4. The van der Waals surface area contributed by atoms with E-state index >= 15 is 0 Å². The lowest BCUT2D eigenvalue weighted by molar-refractivity contribution is 0.386. The monoisotopic (exact) mass is 245 g/mol. The highest BCUT2D eigenvalue weighted by Crippen LogP contribution is 2.28. The van der Waals surface area contributed by atoms with E-state index in [0.29, 0.717) is 22.8 Å². The number of rotatable bonds is 2. The van der Waals surface area contributed by atoms with Gasteiger partial charge in [0, 0.05) is 12.6 Å². The van der Waals surface area contributed by atoms with Crippen LogP contribution in [0.25, 0.3) is 11.3 Å². The van der Waals surface area contributed by atoms with Crippen LogP contribution in [0.15, 0.2) is 18.2 Å². The van der Waals surface area contributed by atoms with Crippen LogP contribution in [-0.2, 0) is 7.05 Å². The van der Waals surface area contributed by atoms with Gasteiger partial charge in [-0.2, -0.15) is 5.26 Å². The number of nitrogens with zero attached hydrogens (tertiary/aromatic N) is 3. The quantitative estimate of drug-likeness (QED) is 0.816. The van der Waals surface area contributed by atoms with Gasteiger partial charge in [0.05, 0.1) is 12.8 Å². The van der Waals surface area contributed by atoms with Gasteiger partial charge in [-0.05, 0) is 25.1 Å². The van der Waals surface area contributed by atoms with Crippen molar-refractivity contribution in [3.63, 3.8) is 0 Å². The Labute approximate surface area is 104 Å². The minimum Gasteiger partial charge on any atom is -0.494 e. The molecule has 1 aromatic carbocycles. The third kappa shape index (κ3) is 1.82. The standard InChI is InChI=1S/C13H12FN3O/c1-8-16-11(7-15)13(17(8)2)9-4-5-12(18-3)10(14)6-9/h4-6H,1-3H3. The van der Waals surface area contributed by atoms with Crippen LogP contribution < -0.4 is 4.74 Å². The summed E-state index contributed by atoms with van der Waals surface area (Å²) in [6.45, 7) is 1.80. The highest BCUT2D eigenvalue weighted by atomic mass is 19.1. The van der Waals surface area contributed by atoms with Gasteiger partial charge in [-0.1, -0.05) is 0 Å². The van der Waals surface area contributed by atoms with Gasteiger partial charge >= 0.3 is 0 Å². The summed E-state index contributed by atoms with van der Waals surface area (Å²) in [6, 6.07) is 6.60. The number of aromatic nitrogens is 2. The second-order valence-electron chi connectivity index (χ2n) is 3.88. The van der Waals surface area contributed by atoms with Crippen LogP contribution in [0.5, 0.6) is 5.75 Å². The fraction of sp³-hybridized carbons (Fsp3) is 0.231. The van der Waals surface area contributed by atoms with Crippen molar-refractivity contribution in [1.29, 1.82) is 5.26 Å². The first kappa shape index (κ1) is 12.1. The fourth-order valence-corrected chi connectivity index (χ4v) is 1.83. The molecular formula is C13H12FN3O. The van der Waals surface area contributed by atoms with E-state index in [9.17, 15) is 4.39 Å². The van der Waals surface area contributed by atoms with Crippen molar-refractivity contribution in [2.75, 3.05) is 7.11 Å². The number of benzene rings is 1. The first-order chi connectivity index (χ1) is 8.58. The molecule has 92 valence electrons. The van der Waals surface area contributed by atoms with Gasteiger partial charge in [-0.15, -0.1) is 0 Å². The summed E-state index contributed by atoms with van der Waals surface area (Å²) in [5, 5.41) is 9.04. The molecule has 0 aliphatic heterocycles. The zero-order chi connectivity index (χ0) is 13.3. The summed E-state index contributed by atoms with van der Waals surface area (Å²) in [4.78, 5) is 4.13. The summed E-state index contributed by atoms with van der Waals surface area (Å²) in [6.07, 6.45) is 0. The van der Waals surface area contributed by atoms with E-state index in [4.69, 9.17) is 10.00 Å². The first-order valence-electron chi connectivity index (χ1n) is 5.35. The van der Waals surface area contributed by atoms with E-state index in [0.717, 1.165) is 0 Å². The van der Waals surface area contributed by atoms with Crippen LogP contribution in [0.4, 0.5) is 4.39 Å². The normalized spacial score (nSPS) is 10.2.